The summed E-state index contributed by atoms with van der Waals surface area (Å²) in [6.07, 6.45) is 5.84. The molecule has 1 aromatic carbocycles. The summed E-state index contributed by atoms with van der Waals surface area (Å²) < 4.78 is 0. The van der Waals surface area contributed by atoms with Crippen molar-refractivity contribution in [1.29, 1.82) is 0 Å². The number of aryl methyl sites for hydroxylation is 2. The molecule has 2 aliphatic rings. The predicted octanol–water partition coefficient (Wildman–Crippen LogP) is 4.27. The van der Waals surface area contributed by atoms with E-state index in [1.54, 1.807) is 6.07 Å². The van der Waals surface area contributed by atoms with Gasteiger partial charge in [0.05, 0.1) is 0 Å². The topological polar surface area (TPSA) is 94.6 Å². The standard InChI is InChI=1S/C29H40N4O3/c1-29(2,3)23-8-4-6-22(18-23)27(34)32-25(28(35)36)14-17-33-16-13-20(19-33)9-11-24-12-10-21-7-5-15-30-26(21)31-24/h4,6,8,10,12,18,20,25H,5,7,9,11,13-17,19H2,1-3H3,(H,30,31)(H,32,34)(H,35,36)/t20-,25?/m1/s1. The first-order valence-electron chi connectivity index (χ1n) is 13.3. The lowest BCUT2D eigenvalue weighted by Crippen LogP contribution is -2.43. The summed E-state index contributed by atoms with van der Waals surface area (Å²) >= 11 is 0. The highest BCUT2D eigenvalue weighted by Crippen LogP contribution is 2.25. The highest BCUT2D eigenvalue weighted by Gasteiger charge is 2.26. The largest absolute Gasteiger partial charge is 0.480 e. The van der Waals surface area contributed by atoms with Crippen LogP contribution in [-0.4, -0.2) is 59.1 Å². The van der Waals surface area contributed by atoms with E-state index in [0.29, 0.717) is 24.4 Å². The van der Waals surface area contributed by atoms with Gasteiger partial charge in [0.1, 0.15) is 11.9 Å². The smallest absolute Gasteiger partial charge is 0.326 e. The monoisotopic (exact) mass is 492 g/mol. The van der Waals surface area contributed by atoms with Gasteiger partial charge in [0.15, 0.2) is 0 Å². The maximum Gasteiger partial charge on any atom is 0.326 e. The Morgan fingerprint density at radius 1 is 1.25 bits per heavy atom. The molecule has 2 atom stereocenters. The number of carbonyl (C=O) groups is 2. The van der Waals surface area contributed by atoms with Gasteiger partial charge in [-0.3, -0.25) is 4.79 Å². The van der Waals surface area contributed by atoms with Crippen LogP contribution in [-0.2, 0) is 23.1 Å². The number of benzene rings is 1. The number of carbonyl (C=O) groups excluding carboxylic acids is 1. The maximum absolute atomic E-state index is 12.8. The van der Waals surface area contributed by atoms with Crippen molar-refractivity contribution in [3.63, 3.8) is 0 Å². The van der Waals surface area contributed by atoms with Crippen LogP contribution in [0, 0.1) is 5.92 Å². The number of anilines is 1. The Balaban J connectivity index is 1.24. The average Bonchev–Trinajstić information content (AvgIpc) is 3.32. The van der Waals surface area contributed by atoms with E-state index in [1.165, 1.54) is 12.0 Å². The Hall–Kier alpha value is -2.93. The molecule has 1 unspecified atom stereocenters. The molecule has 7 nitrogen and oxygen atoms in total. The zero-order valence-electron chi connectivity index (χ0n) is 21.8. The summed E-state index contributed by atoms with van der Waals surface area (Å²) in [4.78, 5) is 31.8. The van der Waals surface area contributed by atoms with E-state index in [0.717, 1.165) is 62.4 Å². The summed E-state index contributed by atoms with van der Waals surface area (Å²) in [6, 6.07) is 10.9. The minimum Gasteiger partial charge on any atom is -0.480 e. The van der Waals surface area contributed by atoms with Crippen molar-refractivity contribution < 1.29 is 14.7 Å². The number of nitrogens with one attached hydrogen (secondary N) is 2. The summed E-state index contributed by atoms with van der Waals surface area (Å²) in [6.45, 7) is 9.88. The second kappa shape index (κ2) is 11.4. The van der Waals surface area contributed by atoms with Crippen LogP contribution in [0.25, 0.3) is 0 Å². The van der Waals surface area contributed by atoms with E-state index in [2.05, 4.69) is 48.4 Å². The predicted molar refractivity (Wildman–Crippen MR) is 143 cm³/mol. The molecule has 1 saturated heterocycles. The van der Waals surface area contributed by atoms with Gasteiger partial charge in [-0.15, -0.1) is 0 Å². The number of carboxylic acid groups (broad SMARTS) is 1. The fraction of sp³-hybridized carbons (Fsp3) is 0.552. The van der Waals surface area contributed by atoms with Crippen LogP contribution in [0.15, 0.2) is 36.4 Å². The number of aliphatic carboxylic acids is 1. The van der Waals surface area contributed by atoms with E-state index >= 15 is 0 Å². The lowest BCUT2D eigenvalue weighted by atomic mass is 9.86. The van der Waals surface area contributed by atoms with Crippen molar-refractivity contribution in [2.45, 2.75) is 70.8 Å². The molecule has 36 heavy (non-hydrogen) atoms. The summed E-state index contributed by atoms with van der Waals surface area (Å²) in [5, 5.41) is 15.9. The molecule has 2 aliphatic heterocycles. The number of carboxylic acids is 1. The van der Waals surface area contributed by atoms with Gasteiger partial charge in [0.2, 0.25) is 0 Å². The van der Waals surface area contributed by atoms with E-state index in [1.807, 2.05) is 18.2 Å². The van der Waals surface area contributed by atoms with E-state index in [4.69, 9.17) is 4.98 Å². The lowest BCUT2D eigenvalue weighted by molar-refractivity contribution is -0.139. The number of hydrogen-bond donors (Lipinski definition) is 3. The zero-order valence-corrected chi connectivity index (χ0v) is 21.8. The third-order valence-electron chi connectivity index (χ3n) is 7.46. The molecular formula is C29H40N4O3. The fourth-order valence-corrected chi connectivity index (χ4v) is 5.15. The molecule has 0 spiro atoms. The molecule has 1 aromatic heterocycles. The maximum atomic E-state index is 12.8. The quantitative estimate of drug-likeness (QED) is 0.484. The van der Waals surface area contributed by atoms with Crippen molar-refractivity contribution in [2.75, 3.05) is 31.5 Å². The minimum atomic E-state index is -0.988. The second-order valence-corrected chi connectivity index (χ2v) is 11.3. The number of rotatable bonds is 9. The number of hydrogen-bond acceptors (Lipinski definition) is 5. The Kier molecular flexibility index (Phi) is 8.29. The van der Waals surface area contributed by atoms with Crippen LogP contribution in [0.1, 0.15) is 73.6 Å². The van der Waals surface area contributed by atoms with Crippen molar-refractivity contribution in [2.24, 2.45) is 5.92 Å². The molecule has 0 aliphatic carbocycles. The van der Waals surface area contributed by atoms with Crippen molar-refractivity contribution in [3.05, 3.63) is 58.8 Å². The van der Waals surface area contributed by atoms with Gasteiger partial charge in [0.25, 0.3) is 5.91 Å². The molecule has 1 amide bonds. The van der Waals surface area contributed by atoms with Crippen LogP contribution < -0.4 is 10.6 Å². The molecule has 7 heteroatoms. The number of amides is 1. The van der Waals surface area contributed by atoms with Gasteiger partial charge in [-0.2, -0.15) is 0 Å². The first-order chi connectivity index (χ1) is 17.2. The SMILES string of the molecule is CC(C)(C)c1cccc(C(=O)NC(CCN2CC[C@@H](CCc3ccc4c(n3)NCCC4)C2)C(=O)O)c1. The summed E-state index contributed by atoms with van der Waals surface area (Å²) in [5.74, 6) is 0.325. The Morgan fingerprint density at radius 2 is 2.08 bits per heavy atom. The van der Waals surface area contributed by atoms with Crippen LogP contribution in [0.4, 0.5) is 5.82 Å². The Morgan fingerprint density at radius 3 is 2.86 bits per heavy atom. The number of aromatic nitrogens is 1. The molecular weight excluding hydrogens is 452 g/mol. The average molecular weight is 493 g/mol. The molecule has 194 valence electrons. The summed E-state index contributed by atoms with van der Waals surface area (Å²) in [5.41, 5.74) is 3.93. The first kappa shape index (κ1) is 26.1. The number of likely N-dealkylation sites (tertiary alicyclic amines) is 1. The van der Waals surface area contributed by atoms with Gasteiger partial charge < -0.3 is 20.6 Å². The number of pyridine rings is 1. The minimum absolute atomic E-state index is 0.0817. The number of fused-ring (bicyclic) bond motifs is 1. The van der Waals surface area contributed by atoms with Crippen molar-refractivity contribution in [1.82, 2.24) is 15.2 Å². The van der Waals surface area contributed by atoms with Crippen LogP contribution in [0.5, 0.6) is 0 Å². The van der Waals surface area contributed by atoms with Gasteiger partial charge in [-0.05, 0) is 85.7 Å². The third kappa shape index (κ3) is 6.84. The molecule has 3 heterocycles. The molecule has 0 bridgehead atoms. The van der Waals surface area contributed by atoms with E-state index in [9.17, 15) is 14.7 Å². The molecule has 0 saturated carbocycles. The normalized spacial score (nSPS) is 18.8. The fourth-order valence-electron chi connectivity index (χ4n) is 5.15. The summed E-state index contributed by atoms with van der Waals surface area (Å²) in [7, 11) is 0. The third-order valence-corrected chi connectivity index (χ3v) is 7.46. The number of nitrogens with zero attached hydrogens (tertiary/aromatic N) is 2. The molecule has 0 radical (unpaired) electrons. The Labute approximate surface area is 214 Å². The Bertz CT molecular complexity index is 1080. The highest BCUT2D eigenvalue weighted by atomic mass is 16.4. The van der Waals surface area contributed by atoms with Crippen LogP contribution in [0.3, 0.4) is 0 Å². The second-order valence-electron chi connectivity index (χ2n) is 11.3. The molecule has 2 aromatic rings. The van der Waals surface area contributed by atoms with Gasteiger partial charge in [-0.25, -0.2) is 9.78 Å². The van der Waals surface area contributed by atoms with Crippen LogP contribution >= 0.6 is 0 Å². The highest BCUT2D eigenvalue weighted by molar-refractivity contribution is 5.96. The van der Waals surface area contributed by atoms with Crippen molar-refractivity contribution >= 4 is 17.7 Å². The van der Waals surface area contributed by atoms with Gasteiger partial charge in [-0.1, -0.05) is 39.0 Å². The molecule has 4 rings (SSSR count). The van der Waals surface area contributed by atoms with Crippen molar-refractivity contribution in [3.8, 4) is 0 Å². The lowest BCUT2D eigenvalue weighted by Gasteiger charge is -2.21. The van der Waals surface area contributed by atoms with Crippen LogP contribution in [0.2, 0.25) is 0 Å². The first-order valence-corrected chi connectivity index (χ1v) is 13.3. The van der Waals surface area contributed by atoms with Gasteiger partial charge in [0, 0.05) is 30.9 Å². The van der Waals surface area contributed by atoms with Gasteiger partial charge >= 0.3 is 5.97 Å². The molecule has 3 N–H and O–H groups in total. The van der Waals surface area contributed by atoms with E-state index in [-0.39, 0.29) is 11.3 Å². The van der Waals surface area contributed by atoms with E-state index < -0.39 is 12.0 Å². The zero-order chi connectivity index (χ0) is 25.7. The molecule has 1 fully saturated rings.